The van der Waals surface area contributed by atoms with Crippen LogP contribution < -0.4 is 0 Å². The first kappa shape index (κ1) is 11.3. The van der Waals surface area contributed by atoms with E-state index < -0.39 is 0 Å². The minimum atomic E-state index is -0.359. The minimum absolute atomic E-state index is 0.109. The van der Waals surface area contributed by atoms with Gasteiger partial charge in [0.1, 0.15) is 11.5 Å². The zero-order valence-corrected chi connectivity index (χ0v) is 9.75. The van der Waals surface area contributed by atoms with E-state index in [1.165, 1.54) is 6.07 Å². The van der Waals surface area contributed by atoms with E-state index in [-0.39, 0.29) is 10.6 Å². The molecule has 0 aliphatic carbocycles. The van der Waals surface area contributed by atoms with E-state index in [0.29, 0.717) is 5.69 Å². The summed E-state index contributed by atoms with van der Waals surface area (Å²) in [7, 11) is 0. The second-order valence-electron chi connectivity index (χ2n) is 3.77. The maximum atomic E-state index is 11.0. The molecular formula is C12H13N3O2. The van der Waals surface area contributed by atoms with E-state index >= 15 is 0 Å². The highest BCUT2D eigenvalue weighted by atomic mass is 16.6. The van der Waals surface area contributed by atoms with Gasteiger partial charge in [0.2, 0.25) is 0 Å². The Balaban J connectivity index is 2.70. The molecule has 1 heterocycles. The van der Waals surface area contributed by atoms with Crippen molar-refractivity contribution in [3.63, 3.8) is 0 Å². The molecule has 0 aliphatic heterocycles. The lowest BCUT2D eigenvalue weighted by Crippen LogP contribution is -2.05. The molecule has 0 aliphatic rings. The SMILES string of the molecule is CCc1nccn1-c1c(C)cccc1[N+](=O)[O-]. The molecule has 1 aromatic carbocycles. The molecule has 0 N–H and O–H groups in total. The monoisotopic (exact) mass is 231 g/mol. The summed E-state index contributed by atoms with van der Waals surface area (Å²) in [5.41, 5.74) is 1.58. The van der Waals surface area contributed by atoms with Crippen molar-refractivity contribution in [2.24, 2.45) is 0 Å². The van der Waals surface area contributed by atoms with E-state index in [1.54, 1.807) is 23.0 Å². The largest absolute Gasteiger partial charge is 0.297 e. The summed E-state index contributed by atoms with van der Waals surface area (Å²) in [6.45, 7) is 3.84. The number of nitro benzene ring substituents is 1. The van der Waals surface area contributed by atoms with Crippen LogP contribution in [0.1, 0.15) is 18.3 Å². The van der Waals surface area contributed by atoms with Crippen LogP contribution in [-0.2, 0) is 6.42 Å². The van der Waals surface area contributed by atoms with E-state index in [0.717, 1.165) is 17.8 Å². The van der Waals surface area contributed by atoms with Gasteiger partial charge in [0.05, 0.1) is 4.92 Å². The van der Waals surface area contributed by atoms with Gasteiger partial charge in [-0.3, -0.25) is 14.7 Å². The number of para-hydroxylation sites is 1. The van der Waals surface area contributed by atoms with Crippen molar-refractivity contribution < 1.29 is 4.92 Å². The number of aromatic nitrogens is 2. The zero-order chi connectivity index (χ0) is 12.4. The third-order valence-electron chi connectivity index (χ3n) is 2.69. The van der Waals surface area contributed by atoms with E-state index in [9.17, 15) is 10.1 Å². The molecule has 17 heavy (non-hydrogen) atoms. The van der Waals surface area contributed by atoms with Crippen LogP contribution >= 0.6 is 0 Å². The summed E-state index contributed by atoms with van der Waals surface area (Å²) in [6, 6.07) is 5.07. The van der Waals surface area contributed by atoms with Crippen LogP contribution in [0.5, 0.6) is 0 Å². The average Bonchev–Trinajstić information content (AvgIpc) is 2.76. The van der Waals surface area contributed by atoms with Gasteiger partial charge in [-0.2, -0.15) is 0 Å². The fourth-order valence-corrected chi connectivity index (χ4v) is 1.90. The van der Waals surface area contributed by atoms with Crippen LogP contribution in [0.4, 0.5) is 5.69 Å². The smallest absolute Gasteiger partial charge is 0.293 e. The molecule has 2 aromatic rings. The summed E-state index contributed by atoms with van der Waals surface area (Å²) >= 11 is 0. The number of benzene rings is 1. The minimum Gasteiger partial charge on any atom is -0.297 e. The fraction of sp³-hybridized carbons (Fsp3) is 0.250. The number of hydrogen-bond acceptors (Lipinski definition) is 3. The number of nitrogens with zero attached hydrogens (tertiary/aromatic N) is 3. The van der Waals surface area contributed by atoms with Crippen molar-refractivity contribution in [3.8, 4) is 5.69 Å². The third kappa shape index (κ3) is 1.91. The first-order valence-electron chi connectivity index (χ1n) is 5.41. The van der Waals surface area contributed by atoms with E-state index in [1.807, 2.05) is 19.9 Å². The fourth-order valence-electron chi connectivity index (χ4n) is 1.90. The van der Waals surface area contributed by atoms with Gasteiger partial charge in [0.15, 0.2) is 0 Å². The lowest BCUT2D eigenvalue weighted by Gasteiger charge is -2.10. The van der Waals surface area contributed by atoms with Gasteiger partial charge in [0, 0.05) is 24.9 Å². The molecule has 2 rings (SSSR count). The maximum Gasteiger partial charge on any atom is 0.293 e. The van der Waals surface area contributed by atoms with Gasteiger partial charge in [-0.1, -0.05) is 19.1 Å². The molecule has 88 valence electrons. The highest BCUT2D eigenvalue weighted by Crippen LogP contribution is 2.27. The highest BCUT2D eigenvalue weighted by molar-refractivity contribution is 5.57. The molecule has 0 radical (unpaired) electrons. The van der Waals surface area contributed by atoms with Crippen LogP contribution in [0.2, 0.25) is 0 Å². The van der Waals surface area contributed by atoms with Crippen molar-refractivity contribution in [1.82, 2.24) is 9.55 Å². The summed E-state index contributed by atoms with van der Waals surface area (Å²) in [5, 5.41) is 11.0. The first-order chi connectivity index (χ1) is 8.15. The molecule has 0 saturated heterocycles. The Bertz CT molecular complexity index is 561. The molecule has 0 bridgehead atoms. The van der Waals surface area contributed by atoms with Crippen LogP contribution in [-0.4, -0.2) is 14.5 Å². The van der Waals surface area contributed by atoms with Crippen molar-refractivity contribution in [2.45, 2.75) is 20.3 Å². The number of hydrogen-bond donors (Lipinski definition) is 0. The molecular weight excluding hydrogens is 218 g/mol. The number of aryl methyl sites for hydroxylation is 2. The molecule has 1 aromatic heterocycles. The Morgan fingerprint density at radius 2 is 2.24 bits per heavy atom. The molecule has 0 spiro atoms. The quantitative estimate of drug-likeness (QED) is 0.602. The Labute approximate surface area is 98.9 Å². The van der Waals surface area contributed by atoms with Crippen LogP contribution in [0.3, 0.4) is 0 Å². The average molecular weight is 231 g/mol. The lowest BCUT2D eigenvalue weighted by molar-refractivity contribution is -0.384. The molecule has 0 amide bonds. The topological polar surface area (TPSA) is 61.0 Å². The molecule has 0 fully saturated rings. The van der Waals surface area contributed by atoms with Crippen LogP contribution in [0.25, 0.3) is 5.69 Å². The summed E-state index contributed by atoms with van der Waals surface area (Å²) in [4.78, 5) is 14.9. The van der Waals surface area contributed by atoms with Gasteiger partial charge in [0.25, 0.3) is 5.69 Å². The van der Waals surface area contributed by atoms with E-state index in [2.05, 4.69) is 4.98 Å². The molecule has 0 unspecified atom stereocenters. The van der Waals surface area contributed by atoms with Crippen molar-refractivity contribution in [2.75, 3.05) is 0 Å². The number of imidazole rings is 1. The molecule has 0 saturated carbocycles. The normalized spacial score (nSPS) is 10.5. The summed E-state index contributed by atoms with van der Waals surface area (Å²) in [5.74, 6) is 0.822. The van der Waals surface area contributed by atoms with Gasteiger partial charge in [-0.05, 0) is 12.5 Å². The highest BCUT2D eigenvalue weighted by Gasteiger charge is 2.18. The first-order valence-corrected chi connectivity index (χ1v) is 5.41. The second-order valence-corrected chi connectivity index (χ2v) is 3.77. The van der Waals surface area contributed by atoms with Gasteiger partial charge < -0.3 is 0 Å². The Kier molecular flexibility index (Phi) is 2.91. The van der Waals surface area contributed by atoms with Crippen molar-refractivity contribution >= 4 is 5.69 Å². The lowest BCUT2D eigenvalue weighted by atomic mass is 10.1. The Morgan fingerprint density at radius 1 is 1.47 bits per heavy atom. The predicted molar refractivity (Wildman–Crippen MR) is 64.3 cm³/mol. The third-order valence-corrected chi connectivity index (χ3v) is 2.69. The van der Waals surface area contributed by atoms with Crippen molar-refractivity contribution in [1.29, 1.82) is 0 Å². The number of rotatable bonds is 3. The van der Waals surface area contributed by atoms with Crippen LogP contribution in [0, 0.1) is 17.0 Å². The Morgan fingerprint density at radius 3 is 2.88 bits per heavy atom. The summed E-state index contributed by atoms with van der Waals surface area (Å²) in [6.07, 6.45) is 4.15. The van der Waals surface area contributed by atoms with E-state index in [4.69, 9.17) is 0 Å². The predicted octanol–water partition coefficient (Wildman–Crippen LogP) is 2.65. The zero-order valence-electron chi connectivity index (χ0n) is 9.75. The summed E-state index contributed by atoms with van der Waals surface area (Å²) < 4.78 is 1.79. The van der Waals surface area contributed by atoms with Crippen LogP contribution in [0.15, 0.2) is 30.6 Å². The molecule has 0 atom stereocenters. The van der Waals surface area contributed by atoms with Crippen molar-refractivity contribution in [3.05, 3.63) is 52.1 Å². The standard InChI is InChI=1S/C12H13N3O2/c1-3-11-13-7-8-14(11)12-9(2)5-4-6-10(12)15(16)17/h4-8H,3H2,1-2H3. The number of nitro groups is 1. The van der Waals surface area contributed by atoms with Gasteiger partial charge >= 0.3 is 0 Å². The van der Waals surface area contributed by atoms with Gasteiger partial charge in [-0.15, -0.1) is 0 Å². The van der Waals surface area contributed by atoms with Gasteiger partial charge in [-0.25, -0.2) is 4.98 Å². The Hall–Kier alpha value is -2.17. The molecule has 5 heteroatoms. The molecule has 5 nitrogen and oxygen atoms in total. The second kappa shape index (κ2) is 4.37. The maximum absolute atomic E-state index is 11.0.